The number of hydrogen-bond donors (Lipinski definition) is 2. The standard InChI is InChI=1S/C27H41BN2O3S/c1-17(2)24(28-32-23-14-19-13-22(26(19,3)4)27(23,5)33-28)30-25(31)21-15-20(16-29-21)34-12-11-18-9-7-6-8-10-18/h6-10,17,19-24,29H,11-16H2,1-5H3,(H,30,31)/t19-,20+,21-,22-,23+,24-,27-/m0/s1. The van der Waals surface area contributed by atoms with Crippen LogP contribution in [0.4, 0.5) is 0 Å². The topological polar surface area (TPSA) is 59.6 Å². The second-order valence-electron chi connectivity index (χ2n) is 12.0. The Kier molecular flexibility index (Phi) is 6.86. The summed E-state index contributed by atoms with van der Waals surface area (Å²) in [5.74, 6) is 2.52. The van der Waals surface area contributed by atoms with E-state index in [0.717, 1.165) is 37.5 Å². The summed E-state index contributed by atoms with van der Waals surface area (Å²) in [6, 6.07) is 10.5. The molecule has 0 spiro atoms. The van der Waals surface area contributed by atoms with Gasteiger partial charge in [-0.25, -0.2) is 0 Å². The van der Waals surface area contributed by atoms with Crippen molar-refractivity contribution in [3.05, 3.63) is 35.9 Å². The van der Waals surface area contributed by atoms with Crippen molar-refractivity contribution in [2.24, 2.45) is 23.2 Å². The Morgan fingerprint density at radius 2 is 1.97 bits per heavy atom. The van der Waals surface area contributed by atoms with Crippen molar-refractivity contribution >= 4 is 24.8 Å². The molecule has 7 atom stereocenters. The summed E-state index contributed by atoms with van der Waals surface area (Å²) in [5, 5.41) is 7.25. The van der Waals surface area contributed by atoms with Gasteiger partial charge in [-0.15, -0.1) is 0 Å². The Hall–Kier alpha value is -1.02. The first kappa shape index (κ1) is 24.7. The Bertz CT molecular complexity index is 884. The average Bonchev–Trinajstić information content (AvgIpc) is 3.41. The van der Waals surface area contributed by atoms with Gasteiger partial charge in [-0.05, 0) is 67.1 Å². The second-order valence-corrected chi connectivity index (χ2v) is 13.4. The van der Waals surface area contributed by atoms with E-state index < -0.39 is 0 Å². The molecule has 5 aliphatic rings. The van der Waals surface area contributed by atoms with Gasteiger partial charge >= 0.3 is 7.12 Å². The maximum atomic E-state index is 13.2. The highest BCUT2D eigenvalue weighted by molar-refractivity contribution is 7.99. The van der Waals surface area contributed by atoms with Gasteiger partial charge in [0.25, 0.3) is 0 Å². The molecule has 0 unspecified atom stereocenters. The van der Waals surface area contributed by atoms with E-state index in [9.17, 15) is 4.79 Å². The van der Waals surface area contributed by atoms with E-state index in [1.807, 2.05) is 11.8 Å². The molecule has 3 aliphatic carbocycles. The van der Waals surface area contributed by atoms with Crippen LogP contribution in [0.2, 0.25) is 0 Å². The van der Waals surface area contributed by atoms with E-state index in [1.165, 1.54) is 12.0 Å². The highest BCUT2D eigenvalue weighted by atomic mass is 32.2. The molecule has 34 heavy (non-hydrogen) atoms. The first-order valence-corrected chi connectivity index (χ1v) is 14.3. The van der Waals surface area contributed by atoms with Gasteiger partial charge in [-0.3, -0.25) is 4.79 Å². The molecule has 2 heterocycles. The number of carbonyl (C=O) groups excluding carboxylic acids is 1. The molecule has 2 bridgehead atoms. The fourth-order valence-electron chi connectivity index (χ4n) is 6.88. The fraction of sp³-hybridized carbons (Fsp3) is 0.741. The lowest BCUT2D eigenvalue weighted by molar-refractivity contribution is -0.199. The zero-order valence-electron chi connectivity index (χ0n) is 21.4. The fourth-order valence-corrected chi connectivity index (χ4v) is 8.11. The predicted molar refractivity (Wildman–Crippen MR) is 140 cm³/mol. The molecule has 0 radical (unpaired) electrons. The summed E-state index contributed by atoms with van der Waals surface area (Å²) >= 11 is 1.98. The second kappa shape index (κ2) is 9.46. The smallest absolute Gasteiger partial charge is 0.404 e. The van der Waals surface area contributed by atoms with Gasteiger partial charge in [0.05, 0.1) is 23.7 Å². The highest BCUT2D eigenvalue weighted by Crippen LogP contribution is 2.65. The maximum absolute atomic E-state index is 13.2. The molecule has 5 fully saturated rings. The van der Waals surface area contributed by atoms with Crippen LogP contribution >= 0.6 is 11.8 Å². The summed E-state index contributed by atoms with van der Waals surface area (Å²) in [7, 11) is -0.369. The summed E-state index contributed by atoms with van der Waals surface area (Å²) in [6.45, 7) is 12.2. The van der Waals surface area contributed by atoms with Crippen molar-refractivity contribution in [3.8, 4) is 0 Å². The summed E-state index contributed by atoms with van der Waals surface area (Å²) < 4.78 is 13.2. The zero-order chi connectivity index (χ0) is 24.1. The van der Waals surface area contributed by atoms with Crippen LogP contribution in [0, 0.1) is 23.2 Å². The van der Waals surface area contributed by atoms with E-state index in [0.29, 0.717) is 16.6 Å². The van der Waals surface area contributed by atoms with Crippen LogP contribution in [0.1, 0.15) is 59.4 Å². The molecule has 7 heteroatoms. The van der Waals surface area contributed by atoms with Crippen molar-refractivity contribution in [2.45, 2.75) is 89.2 Å². The van der Waals surface area contributed by atoms with Crippen LogP contribution in [0.25, 0.3) is 0 Å². The van der Waals surface area contributed by atoms with Crippen molar-refractivity contribution < 1.29 is 14.1 Å². The minimum atomic E-state index is -0.369. The Morgan fingerprint density at radius 1 is 1.21 bits per heavy atom. The van der Waals surface area contributed by atoms with E-state index in [1.54, 1.807) is 0 Å². The molecule has 2 saturated heterocycles. The maximum Gasteiger partial charge on any atom is 0.481 e. The van der Waals surface area contributed by atoms with Crippen LogP contribution in [0.15, 0.2) is 30.3 Å². The highest BCUT2D eigenvalue weighted by Gasteiger charge is 2.68. The molecule has 2 N–H and O–H groups in total. The minimum absolute atomic E-state index is 0.0849. The molecule has 1 aromatic rings. The number of nitrogens with one attached hydrogen (secondary N) is 2. The van der Waals surface area contributed by atoms with Gasteiger partial charge in [0.1, 0.15) is 0 Å². The Labute approximate surface area is 210 Å². The van der Waals surface area contributed by atoms with Crippen LogP contribution in [0.5, 0.6) is 0 Å². The van der Waals surface area contributed by atoms with E-state index in [2.05, 4.69) is 75.6 Å². The van der Waals surface area contributed by atoms with Gasteiger partial charge in [0.15, 0.2) is 0 Å². The number of benzene rings is 1. The molecular weight excluding hydrogens is 443 g/mol. The third-order valence-corrected chi connectivity index (χ3v) is 10.6. The summed E-state index contributed by atoms with van der Waals surface area (Å²) in [6.07, 6.45) is 4.40. The third-order valence-electron chi connectivity index (χ3n) is 9.28. The van der Waals surface area contributed by atoms with Crippen LogP contribution in [-0.2, 0) is 20.5 Å². The molecule has 2 aliphatic heterocycles. The Balaban J connectivity index is 1.14. The van der Waals surface area contributed by atoms with Gasteiger partial charge < -0.3 is 19.9 Å². The quantitative estimate of drug-likeness (QED) is 0.544. The van der Waals surface area contributed by atoms with Crippen LogP contribution < -0.4 is 10.6 Å². The molecule has 1 aromatic carbocycles. The monoisotopic (exact) mass is 484 g/mol. The molecule has 5 nitrogen and oxygen atoms in total. The normalized spacial score (nSPS) is 36.8. The molecule has 0 aromatic heterocycles. The number of carbonyl (C=O) groups is 1. The third kappa shape index (κ3) is 4.47. The van der Waals surface area contributed by atoms with Gasteiger partial charge in [-0.1, -0.05) is 58.0 Å². The minimum Gasteiger partial charge on any atom is -0.404 e. The zero-order valence-corrected chi connectivity index (χ0v) is 22.2. The lowest BCUT2D eigenvalue weighted by atomic mass is 9.43. The Morgan fingerprint density at radius 3 is 2.68 bits per heavy atom. The number of rotatable bonds is 8. The SMILES string of the molecule is CC(C)[C@H](NC(=O)[C@@H]1C[C@@H](SCCc2ccccc2)CN1)B1O[C@@H]2C[C@@H]3C[C@@H](C3(C)C)[C@]2(C)O1. The first-order valence-electron chi connectivity index (χ1n) is 13.2. The summed E-state index contributed by atoms with van der Waals surface area (Å²) in [4.78, 5) is 13.2. The van der Waals surface area contributed by atoms with Gasteiger partial charge in [0.2, 0.25) is 5.91 Å². The number of hydrogen-bond acceptors (Lipinski definition) is 5. The van der Waals surface area contributed by atoms with Crippen molar-refractivity contribution in [1.29, 1.82) is 0 Å². The molecule has 1 amide bonds. The molecule has 3 saturated carbocycles. The number of amides is 1. The summed E-state index contributed by atoms with van der Waals surface area (Å²) in [5.41, 5.74) is 1.45. The van der Waals surface area contributed by atoms with E-state index >= 15 is 0 Å². The van der Waals surface area contributed by atoms with Crippen molar-refractivity contribution in [2.75, 3.05) is 12.3 Å². The van der Waals surface area contributed by atoms with Crippen molar-refractivity contribution in [1.82, 2.24) is 10.6 Å². The van der Waals surface area contributed by atoms with Crippen LogP contribution in [-0.4, -0.2) is 54.3 Å². The predicted octanol–water partition coefficient (Wildman–Crippen LogP) is 4.10. The molecule has 6 rings (SSSR count). The first-order chi connectivity index (χ1) is 16.2. The lowest BCUT2D eigenvalue weighted by Gasteiger charge is -2.64. The van der Waals surface area contributed by atoms with Crippen molar-refractivity contribution in [3.63, 3.8) is 0 Å². The van der Waals surface area contributed by atoms with Gasteiger partial charge in [0, 0.05) is 11.8 Å². The van der Waals surface area contributed by atoms with Gasteiger partial charge in [-0.2, -0.15) is 11.8 Å². The number of thioether (sulfide) groups is 1. The average molecular weight is 485 g/mol. The van der Waals surface area contributed by atoms with Crippen LogP contribution in [0.3, 0.4) is 0 Å². The number of aryl methyl sites for hydroxylation is 1. The van der Waals surface area contributed by atoms with E-state index in [4.69, 9.17) is 9.31 Å². The largest absolute Gasteiger partial charge is 0.481 e. The lowest BCUT2D eigenvalue weighted by Crippen LogP contribution is -2.65. The van der Waals surface area contributed by atoms with E-state index in [-0.39, 0.29) is 42.6 Å². The molecule has 186 valence electrons. The molecular formula is C27H41BN2O3S.